The Morgan fingerprint density at radius 1 is 1.00 bits per heavy atom. The van der Waals surface area contributed by atoms with Gasteiger partial charge in [-0.1, -0.05) is 59.5 Å². The first-order valence-corrected chi connectivity index (χ1v) is 14.3. The van der Waals surface area contributed by atoms with Crippen molar-refractivity contribution in [3.8, 4) is 0 Å². The number of ether oxygens (including phenoxy) is 1. The Bertz CT molecular complexity index is 757. The van der Waals surface area contributed by atoms with E-state index in [1.54, 1.807) is 0 Å². The average molecular weight is 457 g/mol. The number of fused-ring (bicyclic) bond motifs is 5. The molecule has 3 fully saturated rings. The van der Waals surface area contributed by atoms with Crippen molar-refractivity contribution in [2.24, 2.45) is 46.3 Å². The summed E-state index contributed by atoms with van der Waals surface area (Å²) in [6, 6.07) is 0. The van der Waals surface area contributed by atoms with Crippen LogP contribution in [0.4, 0.5) is 0 Å². The van der Waals surface area contributed by atoms with Gasteiger partial charge in [0.05, 0.1) is 11.7 Å². The van der Waals surface area contributed by atoms with Crippen LogP contribution in [-0.2, 0) is 9.53 Å². The van der Waals surface area contributed by atoms with Crippen molar-refractivity contribution >= 4 is 5.78 Å². The molecule has 0 aromatic carbocycles. The number of ketones is 1. The zero-order chi connectivity index (χ0) is 24.2. The second-order valence-electron chi connectivity index (χ2n) is 14.4. The van der Waals surface area contributed by atoms with Crippen molar-refractivity contribution in [3.63, 3.8) is 0 Å². The molecule has 0 aromatic heterocycles. The molecule has 188 valence electrons. The molecule has 0 amide bonds. The van der Waals surface area contributed by atoms with Crippen molar-refractivity contribution in [2.45, 2.75) is 131 Å². The fourth-order valence-electron chi connectivity index (χ4n) is 8.99. The maximum atomic E-state index is 13.7. The fraction of sp³-hybridized carbons (Fsp3) is 0.903. The van der Waals surface area contributed by atoms with Crippen molar-refractivity contribution in [1.29, 1.82) is 0 Å². The molecule has 2 heteroatoms. The van der Waals surface area contributed by atoms with Crippen LogP contribution >= 0.6 is 0 Å². The van der Waals surface area contributed by atoms with E-state index >= 15 is 0 Å². The van der Waals surface area contributed by atoms with E-state index in [4.69, 9.17) is 4.74 Å². The minimum atomic E-state index is -0.114. The maximum Gasteiger partial charge on any atom is 0.159 e. The highest BCUT2D eigenvalue weighted by atomic mass is 16.5. The van der Waals surface area contributed by atoms with Crippen LogP contribution in [0.3, 0.4) is 0 Å². The van der Waals surface area contributed by atoms with E-state index in [1.807, 2.05) is 0 Å². The topological polar surface area (TPSA) is 26.3 Å². The molecule has 33 heavy (non-hydrogen) atoms. The lowest BCUT2D eigenvalue weighted by Gasteiger charge is -2.58. The molecule has 3 saturated carbocycles. The lowest BCUT2D eigenvalue weighted by Crippen LogP contribution is -2.54. The number of hydrogen-bond donors (Lipinski definition) is 0. The third kappa shape index (κ3) is 4.76. The minimum absolute atomic E-state index is 0.114. The minimum Gasteiger partial charge on any atom is -0.372 e. The summed E-state index contributed by atoms with van der Waals surface area (Å²) in [5.41, 5.74) is 1.87. The van der Waals surface area contributed by atoms with E-state index in [2.05, 4.69) is 61.5 Å². The molecule has 0 spiro atoms. The average Bonchev–Trinajstić information content (AvgIpc) is 3.05. The Labute approximate surface area is 204 Å². The summed E-state index contributed by atoms with van der Waals surface area (Å²) >= 11 is 0. The fourth-order valence-corrected chi connectivity index (χ4v) is 8.99. The number of hydrogen-bond acceptors (Lipinski definition) is 2. The zero-order valence-electron chi connectivity index (χ0n) is 23.0. The summed E-state index contributed by atoms with van der Waals surface area (Å²) in [5.74, 6) is 4.29. The van der Waals surface area contributed by atoms with Crippen LogP contribution in [0.1, 0.15) is 120 Å². The zero-order valence-corrected chi connectivity index (χ0v) is 23.0. The molecule has 2 nitrogen and oxygen atoms in total. The molecule has 1 unspecified atom stereocenters. The number of rotatable bonds is 6. The molecule has 0 aromatic rings. The third-order valence-corrected chi connectivity index (χ3v) is 10.6. The van der Waals surface area contributed by atoms with Crippen LogP contribution < -0.4 is 0 Å². The predicted octanol–water partition coefficient (Wildman–Crippen LogP) is 8.39. The van der Waals surface area contributed by atoms with Gasteiger partial charge in [0.15, 0.2) is 5.78 Å². The molecule has 0 N–H and O–H groups in total. The number of carbonyl (C=O) groups excluding carboxylic acids is 1. The summed E-state index contributed by atoms with van der Waals surface area (Å²) in [6.45, 7) is 18.7. The van der Waals surface area contributed by atoms with E-state index in [0.717, 1.165) is 30.6 Å². The van der Waals surface area contributed by atoms with Crippen LogP contribution in [0.5, 0.6) is 0 Å². The summed E-state index contributed by atoms with van der Waals surface area (Å²) in [4.78, 5) is 13.7. The number of carbonyl (C=O) groups is 1. The van der Waals surface area contributed by atoms with Crippen molar-refractivity contribution in [1.82, 2.24) is 0 Å². The van der Waals surface area contributed by atoms with Gasteiger partial charge >= 0.3 is 0 Å². The Balaban J connectivity index is 1.51. The van der Waals surface area contributed by atoms with E-state index in [-0.39, 0.29) is 23.0 Å². The van der Waals surface area contributed by atoms with Gasteiger partial charge in [-0.25, -0.2) is 0 Å². The molecule has 4 aliphatic rings. The van der Waals surface area contributed by atoms with Gasteiger partial charge in [0.1, 0.15) is 0 Å². The van der Waals surface area contributed by atoms with Crippen LogP contribution in [0.15, 0.2) is 11.6 Å². The Morgan fingerprint density at radius 2 is 1.73 bits per heavy atom. The highest BCUT2D eigenvalue weighted by Crippen LogP contribution is 2.66. The lowest BCUT2D eigenvalue weighted by atomic mass is 9.46. The van der Waals surface area contributed by atoms with Gasteiger partial charge in [0.2, 0.25) is 0 Å². The molecule has 4 rings (SSSR count). The first-order valence-electron chi connectivity index (χ1n) is 14.3. The van der Waals surface area contributed by atoms with Crippen LogP contribution in [0.2, 0.25) is 0 Å². The molecule has 4 aliphatic carbocycles. The highest BCUT2D eigenvalue weighted by molar-refractivity contribution is 5.94. The van der Waals surface area contributed by atoms with Crippen LogP contribution in [0.25, 0.3) is 0 Å². The lowest BCUT2D eigenvalue weighted by molar-refractivity contribution is -0.137. The van der Waals surface area contributed by atoms with Gasteiger partial charge in [0, 0.05) is 5.92 Å². The summed E-state index contributed by atoms with van der Waals surface area (Å²) in [6.07, 6.45) is 14.9. The van der Waals surface area contributed by atoms with Crippen LogP contribution in [0, 0.1) is 46.3 Å². The molecule has 8 atom stereocenters. The summed E-state index contributed by atoms with van der Waals surface area (Å²) < 4.78 is 6.36. The first kappa shape index (κ1) is 25.5. The predicted molar refractivity (Wildman–Crippen MR) is 138 cm³/mol. The van der Waals surface area contributed by atoms with E-state index in [1.165, 1.54) is 56.9 Å². The van der Waals surface area contributed by atoms with Gasteiger partial charge in [-0.15, -0.1) is 0 Å². The Morgan fingerprint density at radius 3 is 2.39 bits per heavy atom. The normalized spacial score (nSPS) is 41.9. The maximum absolute atomic E-state index is 13.7. The van der Waals surface area contributed by atoms with E-state index in [0.29, 0.717) is 23.0 Å². The van der Waals surface area contributed by atoms with E-state index in [9.17, 15) is 4.79 Å². The van der Waals surface area contributed by atoms with Crippen molar-refractivity contribution in [2.75, 3.05) is 0 Å². The number of allylic oxidation sites excluding steroid dienone is 1. The molecule has 0 heterocycles. The van der Waals surface area contributed by atoms with Gasteiger partial charge in [-0.2, -0.15) is 0 Å². The van der Waals surface area contributed by atoms with Gasteiger partial charge < -0.3 is 4.74 Å². The SMILES string of the molecule is CC(C)CCC[C@@H](C)[C@H]1CC[C@H]2[C@@H]3C(=O)C=C4CC(OC(C)(C)C)CC[C@]4(C)[C@H]3CC[C@]12C. The van der Waals surface area contributed by atoms with Crippen LogP contribution in [-0.4, -0.2) is 17.5 Å². The van der Waals surface area contributed by atoms with Crippen molar-refractivity contribution < 1.29 is 9.53 Å². The molecule has 0 aliphatic heterocycles. The quantitative estimate of drug-likeness (QED) is 0.401. The highest BCUT2D eigenvalue weighted by Gasteiger charge is 2.61. The second-order valence-corrected chi connectivity index (χ2v) is 14.4. The standard InChI is InChI=1S/C31H52O2/c1-20(2)10-9-11-21(3)24-12-13-25-28-26(15-17-31(24,25)8)30(7)16-14-23(33-29(4,5)6)18-22(30)19-27(28)32/h19-21,23-26,28H,9-18H2,1-8H3/t21-,23?,24-,25+,26+,28+,30+,31-/m1/s1. The van der Waals surface area contributed by atoms with Gasteiger partial charge in [-0.05, 0) is 112 Å². The summed E-state index contributed by atoms with van der Waals surface area (Å²) in [7, 11) is 0. The molecular weight excluding hydrogens is 404 g/mol. The molecule has 0 radical (unpaired) electrons. The largest absolute Gasteiger partial charge is 0.372 e. The third-order valence-electron chi connectivity index (χ3n) is 10.6. The van der Waals surface area contributed by atoms with Gasteiger partial charge in [0.25, 0.3) is 0 Å². The monoisotopic (exact) mass is 456 g/mol. The summed E-state index contributed by atoms with van der Waals surface area (Å²) in [5, 5.41) is 0. The molecule has 0 bridgehead atoms. The Kier molecular flexibility index (Phi) is 7.03. The first-order chi connectivity index (χ1) is 15.3. The smallest absolute Gasteiger partial charge is 0.159 e. The van der Waals surface area contributed by atoms with Crippen molar-refractivity contribution in [3.05, 3.63) is 11.6 Å². The second kappa shape index (κ2) is 9.11. The molecule has 0 saturated heterocycles. The van der Waals surface area contributed by atoms with Gasteiger partial charge in [-0.3, -0.25) is 4.79 Å². The molecular formula is C31H52O2. The van der Waals surface area contributed by atoms with E-state index < -0.39 is 0 Å². The Hall–Kier alpha value is -0.630.